The van der Waals surface area contributed by atoms with Gasteiger partial charge in [0, 0.05) is 35.4 Å². The molecule has 14 heavy (non-hydrogen) atoms. The topological polar surface area (TPSA) is 41.1 Å². The smallest absolute Gasteiger partial charge is 0.166 e. The number of rotatable bonds is 5. The summed E-state index contributed by atoms with van der Waals surface area (Å²) in [7, 11) is -0.775. The van der Waals surface area contributed by atoms with Crippen molar-refractivity contribution in [3.05, 3.63) is 0 Å². The molecule has 0 spiro atoms. The minimum absolute atomic E-state index is 0.160. The normalized spacial score (nSPS) is 14.9. The van der Waals surface area contributed by atoms with E-state index >= 15 is 0 Å². The molecule has 0 aliphatic rings. The van der Waals surface area contributed by atoms with Crippen LogP contribution in [0.1, 0.15) is 20.8 Å². The summed E-state index contributed by atoms with van der Waals surface area (Å²) >= 11 is 5.08. The molecule has 0 aliphatic heterocycles. The minimum Gasteiger partial charge on any atom is -0.362 e. The largest absolute Gasteiger partial charge is 0.362 e. The van der Waals surface area contributed by atoms with Gasteiger partial charge in [0.1, 0.15) is 0 Å². The minimum atomic E-state index is -0.775. The summed E-state index contributed by atoms with van der Waals surface area (Å²) in [5.41, 5.74) is 0. The third-order valence-corrected chi connectivity index (χ3v) is 2.76. The van der Waals surface area contributed by atoms with Crippen molar-refractivity contribution in [2.24, 2.45) is 5.92 Å². The van der Waals surface area contributed by atoms with Crippen molar-refractivity contribution >= 4 is 28.1 Å². The average Bonchev–Trinajstić information content (AvgIpc) is 1.98. The third kappa shape index (κ3) is 8.44. The summed E-state index contributed by atoms with van der Waals surface area (Å²) in [5, 5.41) is 6.85. The van der Waals surface area contributed by atoms with Crippen LogP contribution in [0.2, 0.25) is 0 Å². The Balaban J connectivity index is 3.66. The summed E-state index contributed by atoms with van der Waals surface area (Å²) in [5.74, 6) is 1.20. The van der Waals surface area contributed by atoms with Gasteiger partial charge in [0.15, 0.2) is 5.11 Å². The van der Waals surface area contributed by atoms with Crippen molar-refractivity contribution in [1.29, 1.82) is 0 Å². The average molecular weight is 236 g/mol. The van der Waals surface area contributed by atoms with E-state index in [1.807, 2.05) is 6.92 Å². The van der Waals surface area contributed by atoms with E-state index < -0.39 is 10.8 Å². The van der Waals surface area contributed by atoms with Crippen LogP contribution < -0.4 is 10.6 Å². The highest BCUT2D eigenvalue weighted by Crippen LogP contribution is 1.89. The standard InChI is InChI=1S/C9H20N2OS2/c1-7(2)5-10-9(13)11-8(3)6-14(4)12/h7-8H,5-6H2,1-4H3,(H2,10,11,13). The maximum atomic E-state index is 10.9. The first-order chi connectivity index (χ1) is 6.41. The van der Waals surface area contributed by atoms with Crippen LogP contribution in [0.3, 0.4) is 0 Å². The lowest BCUT2D eigenvalue weighted by Gasteiger charge is -2.16. The predicted octanol–water partition coefficient (Wildman–Crippen LogP) is 0.874. The van der Waals surface area contributed by atoms with Crippen LogP contribution in [-0.4, -0.2) is 33.9 Å². The molecule has 0 saturated carbocycles. The highest BCUT2D eigenvalue weighted by molar-refractivity contribution is 7.84. The van der Waals surface area contributed by atoms with Crippen molar-refractivity contribution in [3.8, 4) is 0 Å². The molecule has 0 fully saturated rings. The summed E-state index contributed by atoms with van der Waals surface area (Å²) in [6.45, 7) is 7.10. The van der Waals surface area contributed by atoms with Gasteiger partial charge < -0.3 is 10.6 Å². The second-order valence-corrected chi connectivity index (χ2v) is 5.78. The first-order valence-electron chi connectivity index (χ1n) is 4.76. The molecule has 2 unspecified atom stereocenters. The van der Waals surface area contributed by atoms with Gasteiger partial charge >= 0.3 is 0 Å². The second-order valence-electron chi connectivity index (χ2n) is 3.89. The summed E-state index contributed by atoms with van der Waals surface area (Å²) < 4.78 is 10.9. The molecule has 2 N–H and O–H groups in total. The van der Waals surface area contributed by atoms with E-state index in [0.29, 0.717) is 16.8 Å². The van der Waals surface area contributed by atoms with Crippen molar-refractivity contribution in [2.45, 2.75) is 26.8 Å². The Kier molecular flexibility index (Phi) is 7.09. The number of thiocarbonyl (C=S) groups is 1. The molecule has 0 amide bonds. The van der Waals surface area contributed by atoms with Gasteiger partial charge in [-0.05, 0) is 25.1 Å². The van der Waals surface area contributed by atoms with Crippen LogP contribution in [0.4, 0.5) is 0 Å². The highest BCUT2D eigenvalue weighted by Gasteiger charge is 2.05. The van der Waals surface area contributed by atoms with Crippen LogP contribution in [0.15, 0.2) is 0 Å². The van der Waals surface area contributed by atoms with Gasteiger partial charge in [-0.1, -0.05) is 13.8 Å². The molecule has 84 valence electrons. The van der Waals surface area contributed by atoms with Gasteiger partial charge in [0.25, 0.3) is 0 Å². The third-order valence-electron chi connectivity index (χ3n) is 1.53. The van der Waals surface area contributed by atoms with Gasteiger partial charge in [0.2, 0.25) is 0 Å². The fourth-order valence-electron chi connectivity index (χ4n) is 0.965. The van der Waals surface area contributed by atoms with Crippen molar-refractivity contribution in [3.63, 3.8) is 0 Å². The zero-order valence-corrected chi connectivity index (χ0v) is 10.9. The molecule has 0 bridgehead atoms. The Morgan fingerprint density at radius 3 is 2.43 bits per heavy atom. The van der Waals surface area contributed by atoms with E-state index in [1.54, 1.807) is 6.26 Å². The molecule has 0 aliphatic carbocycles. The molecule has 2 atom stereocenters. The molecule has 0 radical (unpaired) electrons. The predicted molar refractivity (Wildman–Crippen MR) is 67.0 cm³/mol. The molecule has 0 aromatic carbocycles. The van der Waals surface area contributed by atoms with E-state index in [2.05, 4.69) is 24.5 Å². The van der Waals surface area contributed by atoms with E-state index in [0.717, 1.165) is 6.54 Å². The van der Waals surface area contributed by atoms with E-state index in [1.165, 1.54) is 0 Å². The molecular weight excluding hydrogens is 216 g/mol. The fourth-order valence-corrected chi connectivity index (χ4v) is 2.04. The van der Waals surface area contributed by atoms with Crippen molar-refractivity contribution < 1.29 is 4.21 Å². The van der Waals surface area contributed by atoms with Crippen LogP contribution >= 0.6 is 12.2 Å². The lowest BCUT2D eigenvalue weighted by molar-refractivity contribution is 0.611. The Labute approximate surface area is 94.5 Å². The first-order valence-corrected chi connectivity index (χ1v) is 6.89. The lowest BCUT2D eigenvalue weighted by Crippen LogP contribution is -2.43. The SMILES string of the molecule is CC(C)CNC(=S)NC(C)CS(C)=O. The molecule has 5 heteroatoms. The van der Waals surface area contributed by atoms with Crippen LogP contribution in [0.5, 0.6) is 0 Å². The summed E-state index contributed by atoms with van der Waals surface area (Å²) in [4.78, 5) is 0. The van der Waals surface area contributed by atoms with Gasteiger partial charge in [-0.25, -0.2) is 0 Å². The highest BCUT2D eigenvalue weighted by atomic mass is 32.2. The van der Waals surface area contributed by atoms with Gasteiger partial charge in [-0.15, -0.1) is 0 Å². The van der Waals surface area contributed by atoms with Crippen molar-refractivity contribution in [2.75, 3.05) is 18.6 Å². The molecule has 0 heterocycles. The summed E-state index contributed by atoms with van der Waals surface area (Å²) in [6, 6.07) is 0.160. The fraction of sp³-hybridized carbons (Fsp3) is 0.889. The number of hydrogen-bond acceptors (Lipinski definition) is 2. The maximum absolute atomic E-state index is 10.9. The second kappa shape index (κ2) is 7.17. The Hall–Kier alpha value is -0.160. The molecule has 0 aromatic rings. The zero-order valence-electron chi connectivity index (χ0n) is 9.29. The van der Waals surface area contributed by atoms with Gasteiger partial charge in [-0.2, -0.15) is 0 Å². The molecular formula is C9H20N2OS2. The Morgan fingerprint density at radius 1 is 1.43 bits per heavy atom. The number of nitrogens with one attached hydrogen (secondary N) is 2. The number of hydrogen-bond donors (Lipinski definition) is 2. The van der Waals surface area contributed by atoms with E-state index in [-0.39, 0.29) is 6.04 Å². The maximum Gasteiger partial charge on any atom is 0.166 e. The van der Waals surface area contributed by atoms with Crippen LogP contribution in [0.25, 0.3) is 0 Å². The van der Waals surface area contributed by atoms with Crippen LogP contribution in [-0.2, 0) is 10.8 Å². The van der Waals surface area contributed by atoms with E-state index in [9.17, 15) is 4.21 Å². The Bertz CT molecular complexity index is 207. The van der Waals surface area contributed by atoms with Gasteiger partial charge in [0.05, 0.1) is 0 Å². The van der Waals surface area contributed by atoms with E-state index in [4.69, 9.17) is 12.2 Å². The molecule has 3 nitrogen and oxygen atoms in total. The summed E-state index contributed by atoms with van der Waals surface area (Å²) in [6.07, 6.45) is 1.70. The zero-order chi connectivity index (χ0) is 11.1. The molecule has 0 saturated heterocycles. The van der Waals surface area contributed by atoms with Gasteiger partial charge in [-0.3, -0.25) is 4.21 Å². The first kappa shape index (κ1) is 13.8. The monoisotopic (exact) mass is 236 g/mol. The quantitative estimate of drug-likeness (QED) is 0.695. The van der Waals surface area contributed by atoms with Crippen LogP contribution in [0, 0.1) is 5.92 Å². The Morgan fingerprint density at radius 2 is 2.00 bits per heavy atom. The lowest BCUT2D eigenvalue weighted by atomic mass is 10.2. The molecule has 0 aromatic heterocycles. The molecule has 0 rings (SSSR count). The van der Waals surface area contributed by atoms with Crippen molar-refractivity contribution in [1.82, 2.24) is 10.6 Å².